The Kier molecular flexibility index (Phi) is 10.6. The first-order chi connectivity index (χ1) is 29.9. The fraction of sp³-hybridized carbons (Fsp3) is 0.435. The van der Waals surface area contributed by atoms with Gasteiger partial charge in [0.1, 0.15) is 31.6 Å². The number of nitriles is 1. The van der Waals surface area contributed by atoms with Gasteiger partial charge >= 0.3 is 18.2 Å². The number of aromatic hydroxyl groups is 1. The molecule has 2 N–H and O–H groups in total. The van der Waals surface area contributed by atoms with E-state index in [0.717, 1.165) is 38.9 Å². The van der Waals surface area contributed by atoms with E-state index in [0.29, 0.717) is 46.9 Å². The van der Waals surface area contributed by atoms with Crippen molar-refractivity contribution in [2.75, 3.05) is 46.0 Å². The van der Waals surface area contributed by atoms with Crippen molar-refractivity contribution in [1.82, 2.24) is 15.1 Å². The normalized spacial score (nSPS) is 26.5. The number of amides is 1. The zero-order valence-corrected chi connectivity index (χ0v) is 36.0. The van der Waals surface area contributed by atoms with E-state index in [1.807, 2.05) is 32.9 Å². The molecule has 4 bridgehead atoms. The minimum Gasteiger partial charge on any atom is -0.504 e. The van der Waals surface area contributed by atoms with Crippen LogP contribution in [0.5, 0.6) is 28.7 Å². The molecule has 3 aromatic rings. The molecule has 15 nitrogen and oxygen atoms in total. The zero-order valence-electron chi connectivity index (χ0n) is 35.2. The van der Waals surface area contributed by atoms with Crippen molar-refractivity contribution >= 4 is 30.0 Å². The van der Waals surface area contributed by atoms with Gasteiger partial charge in [-0.1, -0.05) is 31.4 Å². The van der Waals surface area contributed by atoms with E-state index in [1.165, 1.54) is 31.0 Å². The predicted molar refractivity (Wildman–Crippen MR) is 226 cm³/mol. The minimum atomic E-state index is -1.37. The summed E-state index contributed by atoms with van der Waals surface area (Å²) in [4.78, 5) is 45.7. The summed E-state index contributed by atoms with van der Waals surface area (Å²) in [7, 11) is 1.50. The molecule has 7 aliphatic heterocycles. The first kappa shape index (κ1) is 41.5. The van der Waals surface area contributed by atoms with Gasteiger partial charge in [0.05, 0.1) is 37.3 Å². The highest BCUT2D eigenvalue weighted by atomic mass is 32.2. The molecule has 7 atom stereocenters. The highest BCUT2D eigenvalue weighted by Gasteiger charge is 2.63. The number of aryl methyl sites for hydroxylation is 2. The Morgan fingerprint density at radius 2 is 1.77 bits per heavy atom. The van der Waals surface area contributed by atoms with Crippen molar-refractivity contribution in [2.24, 2.45) is 0 Å². The van der Waals surface area contributed by atoms with Crippen LogP contribution >= 0.6 is 11.8 Å². The summed E-state index contributed by atoms with van der Waals surface area (Å²) in [5.41, 5.74) is 6.25. The van der Waals surface area contributed by atoms with Crippen molar-refractivity contribution < 1.29 is 52.6 Å². The molecule has 0 radical (unpaired) electrons. The Morgan fingerprint density at radius 3 is 2.52 bits per heavy atom. The van der Waals surface area contributed by atoms with Crippen LogP contribution < -0.4 is 24.3 Å². The van der Waals surface area contributed by atoms with Crippen LogP contribution in [0.4, 0.5) is 9.59 Å². The molecule has 2 saturated heterocycles. The van der Waals surface area contributed by atoms with Crippen LogP contribution in [-0.4, -0.2) is 97.3 Å². The topological polar surface area (TPSA) is 178 Å². The predicted octanol–water partition coefficient (Wildman–Crippen LogP) is 6.36. The van der Waals surface area contributed by atoms with Gasteiger partial charge in [0, 0.05) is 28.7 Å². The number of phenolic OH excluding ortho intramolecular Hbond substituents is 1. The van der Waals surface area contributed by atoms with Crippen LogP contribution in [-0.2, 0) is 37.4 Å². The number of rotatable bonds is 6. The highest BCUT2D eigenvalue weighted by Crippen LogP contribution is 2.63. The summed E-state index contributed by atoms with van der Waals surface area (Å²) >= 11 is 1.51. The fourth-order valence-corrected chi connectivity index (χ4v) is 12.4. The molecule has 3 aromatic carbocycles. The second-order valence-corrected chi connectivity index (χ2v) is 17.6. The average Bonchev–Trinajstić information content (AvgIpc) is 3.75. The molecule has 1 spiro atoms. The van der Waals surface area contributed by atoms with Crippen LogP contribution in [0.1, 0.15) is 73.0 Å². The number of methoxy groups -OCH3 is 1. The summed E-state index contributed by atoms with van der Waals surface area (Å²) in [6.07, 6.45) is 2.20. The Hall–Kier alpha value is -5.89. The van der Waals surface area contributed by atoms with E-state index < -0.39 is 59.2 Å². The number of benzene rings is 3. The van der Waals surface area contributed by atoms with Crippen LogP contribution in [0.25, 0.3) is 0 Å². The third-order valence-electron chi connectivity index (χ3n) is 13.3. The molecular weight excluding hydrogens is 817 g/mol. The van der Waals surface area contributed by atoms with Gasteiger partial charge in [-0.25, -0.2) is 14.4 Å². The molecule has 0 aromatic heterocycles. The maximum atomic E-state index is 15.0. The highest BCUT2D eigenvalue weighted by molar-refractivity contribution is 7.99. The summed E-state index contributed by atoms with van der Waals surface area (Å²) in [5, 5.41) is 26.6. The molecule has 1 amide bonds. The molecule has 0 saturated carbocycles. The molecule has 62 heavy (non-hydrogen) atoms. The largest absolute Gasteiger partial charge is 0.514 e. The number of nitrogens with zero attached hydrogens (tertiary/aromatic N) is 3. The molecule has 2 fully saturated rings. The van der Waals surface area contributed by atoms with E-state index in [-0.39, 0.29) is 50.3 Å². The lowest BCUT2D eigenvalue weighted by atomic mass is 9.70. The SMILES string of the molecule is C=CCOC(=O)Oc1cc2c(cc1C)[C@@]1(CS[C@@H]3c4c(C)c(C)c5c(c4[C@H](COC1=O)N1C3[C@H]3c4c(cc(C)c(OC)c4O)C[C@@H]([C@@H]1C#N)N3C(=O)OCC=C)OCO5)NCC2. The summed E-state index contributed by atoms with van der Waals surface area (Å²) < 4.78 is 41.1. The van der Waals surface area contributed by atoms with Crippen molar-refractivity contribution in [3.8, 4) is 34.8 Å². The number of piperazine rings is 1. The number of carbonyl (C=O) groups is 3. The Balaban J connectivity index is 1.27. The monoisotopic (exact) mass is 864 g/mol. The van der Waals surface area contributed by atoms with Gasteiger partial charge in [-0.2, -0.15) is 5.26 Å². The molecule has 1 unspecified atom stereocenters. The van der Waals surface area contributed by atoms with Gasteiger partial charge in [-0.3, -0.25) is 15.1 Å². The number of nitrogens with one attached hydrogen (secondary N) is 1. The summed E-state index contributed by atoms with van der Waals surface area (Å²) in [5.74, 6) is 1.29. The maximum absolute atomic E-state index is 15.0. The van der Waals surface area contributed by atoms with E-state index >= 15 is 0 Å². The number of carbonyl (C=O) groups excluding carboxylic acids is 3. The van der Waals surface area contributed by atoms with Crippen molar-refractivity contribution in [2.45, 2.75) is 81.5 Å². The van der Waals surface area contributed by atoms with E-state index in [1.54, 1.807) is 17.9 Å². The quantitative estimate of drug-likeness (QED) is 0.121. The third-order valence-corrected chi connectivity index (χ3v) is 14.8. The molecule has 324 valence electrons. The minimum absolute atomic E-state index is 0.00307. The van der Waals surface area contributed by atoms with Crippen molar-refractivity contribution in [3.63, 3.8) is 0 Å². The Morgan fingerprint density at radius 1 is 1.02 bits per heavy atom. The van der Waals surface area contributed by atoms with Crippen LogP contribution in [0.15, 0.2) is 43.5 Å². The zero-order chi connectivity index (χ0) is 43.8. The lowest BCUT2D eigenvalue weighted by Crippen LogP contribution is -2.71. The van der Waals surface area contributed by atoms with Gasteiger partial charge in [0.2, 0.25) is 6.79 Å². The van der Waals surface area contributed by atoms with Crippen molar-refractivity contribution in [1.29, 1.82) is 5.26 Å². The summed E-state index contributed by atoms with van der Waals surface area (Å²) in [6, 6.07) is 4.22. The van der Waals surface area contributed by atoms with Crippen LogP contribution in [0.3, 0.4) is 0 Å². The molecule has 7 aliphatic rings. The van der Waals surface area contributed by atoms with E-state index in [9.17, 15) is 24.8 Å². The Bertz CT molecular complexity index is 2490. The number of esters is 1. The van der Waals surface area contributed by atoms with Crippen LogP contribution in [0.2, 0.25) is 0 Å². The number of ether oxygens (including phenoxy) is 7. The molecular formula is C46H48N4O11S. The van der Waals surface area contributed by atoms with E-state index in [2.05, 4.69) is 29.4 Å². The van der Waals surface area contributed by atoms with Gasteiger partial charge in [0.15, 0.2) is 28.5 Å². The van der Waals surface area contributed by atoms with Crippen molar-refractivity contribution in [3.05, 3.63) is 99.1 Å². The van der Waals surface area contributed by atoms with Gasteiger partial charge < -0.3 is 38.3 Å². The van der Waals surface area contributed by atoms with Gasteiger partial charge in [-0.15, -0.1) is 11.8 Å². The number of fused-ring (bicyclic) bond motifs is 9. The van der Waals surface area contributed by atoms with Gasteiger partial charge in [-0.05, 0) is 97.2 Å². The first-order valence-corrected chi connectivity index (χ1v) is 21.6. The van der Waals surface area contributed by atoms with Gasteiger partial charge in [0.25, 0.3) is 0 Å². The molecule has 16 heteroatoms. The second-order valence-electron chi connectivity index (χ2n) is 16.4. The maximum Gasteiger partial charge on any atom is 0.514 e. The third kappa shape index (κ3) is 6.11. The Labute approximate surface area is 363 Å². The average molecular weight is 865 g/mol. The smallest absolute Gasteiger partial charge is 0.504 e. The summed E-state index contributed by atoms with van der Waals surface area (Å²) in [6.45, 7) is 15.2. The number of phenols is 1. The molecule has 7 heterocycles. The fourth-order valence-electron chi connectivity index (χ4n) is 10.6. The standard InChI is InChI=1S/C46H48N4O11S/c1-8-12-56-44(53)50-29-16-27-14-23(4)39(55-7)38(51)34(27)36(50)37-42-33-24(5)25(6)40-41(60-21-59-40)35(33)31(49(37)30(29)18-47)19-58-43(52)46(20-62-42)28-15-22(3)32(17-26(28)10-11-48-46)61-45(54)57-13-9-2/h8-9,14-15,17,29-31,36-37,42,48,51H,1-2,10-13,16,19-21H2,3-7H3/t29-,30-,31-,36+,37?,42+,46+/m0/s1. The second kappa shape index (κ2) is 15.8. The number of thioether (sulfide) groups is 1. The first-order valence-electron chi connectivity index (χ1n) is 20.6. The lowest BCUT2D eigenvalue weighted by molar-refractivity contribution is -0.157. The number of hydrogen-bond donors (Lipinski definition) is 2. The lowest BCUT2D eigenvalue weighted by Gasteiger charge is -2.62. The molecule has 0 aliphatic carbocycles. The number of hydrogen-bond acceptors (Lipinski definition) is 15. The molecule has 10 rings (SSSR count). The van der Waals surface area contributed by atoms with Crippen LogP contribution in [0, 0.1) is 39.0 Å². The van der Waals surface area contributed by atoms with E-state index in [4.69, 9.17) is 33.2 Å².